The molecular formula is C23H24N2. The van der Waals surface area contributed by atoms with Gasteiger partial charge in [0, 0.05) is 36.7 Å². The molecule has 2 aliphatic heterocycles. The van der Waals surface area contributed by atoms with Crippen LogP contribution < -0.4 is 0 Å². The molecule has 1 unspecified atom stereocenters. The van der Waals surface area contributed by atoms with Crippen LogP contribution in [0.5, 0.6) is 0 Å². The second-order valence-electron chi connectivity index (χ2n) is 7.60. The Labute approximate surface area is 149 Å². The Kier molecular flexibility index (Phi) is 3.05. The molecule has 0 radical (unpaired) electrons. The predicted molar refractivity (Wildman–Crippen MR) is 105 cm³/mol. The van der Waals surface area contributed by atoms with Crippen LogP contribution in [-0.4, -0.2) is 16.0 Å². The van der Waals surface area contributed by atoms with Gasteiger partial charge in [0.1, 0.15) is 0 Å². The lowest BCUT2D eigenvalue weighted by atomic mass is 9.80. The molecule has 0 saturated heterocycles. The van der Waals surface area contributed by atoms with Gasteiger partial charge in [0.25, 0.3) is 0 Å². The molecule has 0 spiro atoms. The SMILES string of the molecule is C=C1c2ccc3c(c(C)c(C)n3C)c2CN2CCc3ccccc3C12. The minimum atomic E-state index is 0.333. The summed E-state index contributed by atoms with van der Waals surface area (Å²) < 4.78 is 2.32. The third kappa shape index (κ3) is 1.89. The zero-order valence-corrected chi connectivity index (χ0v) is 15.3. The van der Waals surface area contributed by atoms with Gasteiger partial charge in [0.15, 0.2) is 0 Å². The van der Waals surface area contributed by atoms with E-state index in [-0.39, 0.29) is 0 Å². The largest absolute Gasteiger partial charge is 0.348 e. The van der Waals surface area contributed by atoms with Crippen LogP contribution in [0.1, 0.15) is 39.6 Å². The molecule has 1 atom stereocenters. The number of aryl methyl sites for hydroxylation is 2. The molecule has 2 aromatic carbocycles. The van der Waals surface area contributed by atoms with E-state index in [9.17, 15) is 0 Å². The maximum Gasteiger partial charge on any atom is 0.0607 e. The zero-order valence-electron chi connectivity index (χ0n) is 15.3. The lowest BCUT2D eigenvalue weighted by molar-refractivity contribution is 0.210. The molecule has 3 heterocycles. The van der Waals surface area contributed by atoms with Gasteiger partial charge < -0.3 is 4.57 Å². The van der Waals surface area contributed by atoms with Crippen molar-refractivity contribution in [3.05, 3.63) is 76.5 Å². The van der Waals surface area contributed by atoms with Crippen molar-refractivity contribution < 1.29 is 0 Å². The Morgan fingerprint density at radius 1 is 1.08 bits per heavy atom. The van der Waals surface area contributed by atoms with Crippen molar-refractivity contribution in [3.63, 3.8) is 0 Å². The van der Waals surface area contributed by atoms with Crippen LogP contribution >= 0.6 is 0 Å². The molecule has 2 nitrogen and oxygen atoms in total. The number of hydrogen-bond acceptors (Lipinski definition) is 1. The molecule has 0 N–H and O–H groups in total. The lowest BCUT2D eigenvalue weighted by Gasteiger charge is -2.43. The Morgan fingerprint density at radius 2 is 1.88 bits per heavy atom. The molecule has 0 amide bonds. The van der Waals surface area contributed by atoms with E-state index in [0.29, 0.717) is 6.04 Å². The maximum absolute atomic E-state index is 4.56. The van der Waals surface area contributed by atoms with Gasteiger partial charge in [-0.15, -0.1) is 0 Å². The van der Waals surface area contributed by atoms with Crippen LogP contribution in [-0.2, 0) is 20.0 Å². The van der Waals surface area contributed by atoms with E-state index >= 15 is 0 Å². The summed E-state index contributed by atoms with van der Waals surface area (Å²) in [6.07, 6.45) is 1.14. The summed E-state index contributed by atoms with van der Waals surface area (Å²) >= 11 is 0. The van der Waals surface area contributed by atoms with Crippen LogP contribution in [0.15, 0.2) is 43.0 Å². The van der Waals surface area contributed by atoms with Crippen LogP contribution in [0.3, 0.4) is 0 Å². The highest BCUT2D eigenvalue weighted by Crippen LogP contribution is 2.46. The monoisotopic (exact) mass is 328 g/mol. The molecule has 5 rings (SSSR count). The van der Waals surface area contributed by atoms with Crippen molar-refractivity contribution in [3.8, 4) is 0 Å². The number of hydrogen-bond donors (Lipinski definition) is 0. The van der Waals surface area contributed by atoms with Crippen molar-refractivity contribution >= 4 is 16.5 Å². The van der Waals surface area contributed by atoms with Gasteiger partial charge in [-0.2, -0.15) is 0 Å². The van der Waals surface area contributed by atoms with E-state index in [1.165, 1.54) is 50.0 Å². The first-order valence-electron chi connectivity index (χ1n) is 9.16. The average molecular weight is 328 g/mol. The van der Waals surface area contributed by atoms with E-state index in [1.54, 1.807) is 0 Å². The molecular weight excluding hydrogens is 304 g/mol. The molecule has 0 bridgehead atoms. The van der Waals surface area contributed by atoms with Crippen LogP contribution in [0.2, 0.25) is 0 Å². The van der Waals surface area contributed by atoms with Crippen molar-refractivity contribution in [1.82, 2.24) is 9.47 Å². The summed E-state index contributed by atoms with van der Waals surface area (Å²) in [5, 5.41) is 1.44. The van der Waals surface area contributed by atoms with Crippen LogP contribution in [0.4, 0.5) is 0 Å². The molecule has 25 heavy (non-hydrogen) atoms. The predicted octanol–water partition coefficient (Wildman–Crippen LogP) is 4.92. The fourth-order valence-corrected chi connectivity index (χ4v) is 4.96. The highest BCUT2D eigenvalue weighted by atomic mass is 15.2. The highest BCUT2D eigenvalue weighted by molar-refractivity contribution is 5.93. The topological polar surface area (TPSA) is 8.17 Å². The molecule has 0 aliphatic carbocycles. The summed E-state index contributed by atoms with van der Waals surface area (Å²) in [4.78, 5) is 2.62. The molecule has 126 valence electrons. The number of fused-ring (bicyclic) bond motifs is 6. The van der Waals surface area contributed by atoms with Crippen molar-refractivity contribution in [1.29, 1.82) is 0 Å². The molecule has 1 aromatic heterocycles. The molecule has 3 aromatic rings. The fraction of sp³-hybridized carbons (Fsp3) is 0.304. The van der Waals surface area contributed by atoms with Crippen molar-refractivity contribution in [2.75, 3.05) is 6.54 Å². The van der Waals surface area contributed by atoms with Gasteiger partial charge in [-0.3, -0.25) is 4.90 Å². The minimum absolute atomic E-state index is 0.333. The highest BCUT2D eigenvalue weighted by Gasteiger charge is 2.35. The van der Waals surface area contributed by atoms with Gasteiger partial charge in [-0.1, -0.05) is 36.9 Å². The first kappa shape index (κ1) is 15.0. The summed E-state index contributed by atoms with van der Waals surface area (Å²) in [6.45, 7) is 11.2. The van der Waals surface area contributed by atoms with Crippen molar-refractivity contribution in [2.24, 2.45) is 7.05 Å². The molecule has 0 saturated carbocycles. The third-order valence-corrected chi connectivity index (χ3v) is 6.49. The van der Waals surface area contributed by atoms with E-state index < -0.39 is 0 Å². The second-order valence-corrected chi connectivity index (χ2v) is 7.60. The molecule has 2 aliphatic rings. The quantitative estimate of drug-likeness (QED) is 0.568. The summed E-state index contributed by atoms with van der Waals surface area (Å²) in [6, 6.07) is 13.8. The summed E-state index contributed by atoms with van der Waals surface area (Å²) in [5.74, 6) is 0. The lowest BCUT2D eigenvalue weighted by Crippen LogP contribution is -2.38. The summed E-state index contributed by atoms with van der Waals surface area (Å²) in [5.41, 5.74) is 11.1. The zero-order chi connectivity index (χ0) is 17.3. The van der Waals surface area contributed by atoms with Crippen molar-refractivity contribution in [2.45, 2.75) is 32.9 Å². The fourth-order valence-electron chi connectivity index (χ4n) is 4.96. The van der Waals surface area contributed by atoms with Gasteiger partial charge in [0.2, 0.25) is 0 Å². The van der Waals surface area contributed by atoms with E-state index in [1.807, 2.05) is 0 Å². The number of nitrogens with zero attached hydrogens (tertiary/aromatic N) is 2. The Hall–Kier alpha value is -2.32. The Morgan fingerprint density at radius 3 is 2.72 bits per heavy atom. The van der Waals surface area contributed by atoms with E-state index in [4.69, 9.17) is 0 Å². The van der Waals surface area contributed by atoms with Gasteiger partial charge >= 0.3 is 0 Å². The Bertz CT molecular complexity index is 1040. The van der Waals surface area contributed by atoms with Crippen LogP contribution in [0, 0.1) is 13.8 Å². The first-order valence-corrected chi connectivity index (χ1v) is 9.16. The summed E-state index contributed by atoms with van der Waals surface area (Å²) in [7, 11) is 2.18. The standard InChI is InChI=1S/C23H24N2/c1-14-16(3)24(4)21-10-9-18-15(2)23-19-8-6-5-7-17(19)11-12-25(23)13-20(18)22(14)21/h5-10,23H,2,11-13H2,1,3-4H3. The van der Waals surface area contributed by atoms with Gasteiger partial charge in [0.05, 0.1) is 6.04 Å². The number of benzene rings is 2. The third-order valence-electron chi connectivity index (χ3n) is 6.49. The molecule has 2 heteroatoms. The van der Waals surface area contributed by atoms with Gasteiger partial charge in [-0.05, 0) is 59.7 Å². The average Bonchev–Trinajstić information content (AvgIpc) is 2.86. The Balaban J connectivity index is 1.75. The first-order chi connectivity index (χ1) is 12.1. The molecule has 0 fully saturated rings. The number of rotatable bonds is 0. The van der Waals surface area contributed by atoms with E-state index in [2.05, 4.69) is 73.3 Å². The van der Waals surface area contributed by atoms with Gasteiger partial charge in [-0.25, -0.2) is 0 Å². The minimum Gasteiger partial charge on any atom is -0.348 e. The maximum atomic E-state index is 4.56. The number of aromatic nitrogens is 1. The second kappa shape index (κ2) is 5.09. The smallest absolute Gasteiger partial charge is 0.0607 e. The van der Waals surface area contributed by atoms with E-state index in [0.717, 1.165) is 19.5 Å². The van der Waals surface area contributed by atoms with Crippen LogP contribution in [0.25, 0.3) is 16.5 Å². The normalized spacial score (nSPS) is 19.6.